The van der Waals surface area contributed by atoms with Crippen LogP contribution in [0.3, 0.4) is 0 Å². The average Bonchev–Trinajstić information content (AvgIpc) is 2.82. The molecule has 0 spiro atoms. The van der Waals surface area contributed by atoms with Crippen LogP contribution in [0.2, 0.25) is 0 Å². The van der Waals surface area contributed by atoms with E-state index in [4.69, 9.17) is 0 Å². The standard InChI is InChI=1S/C13H17N5O/c1-3-14-10-4-6-15-12(8-10)13(19)16-9-11-5-7-17-18(11)2/h4-8H,3,9H2,1-2H3,(H,14,15)(H,16,19). The van der Waals surface area contributed by atoms with Gasteiger partial charge in [0.2, 0.25) is 0 Å². The van der Waals surface area contributed by atoms with Gasteiger partial charge in [0.05, 0.1) is 12.2 Å². The number of amides is 1. The molecule has 1 amide bonds. The minimum absolute atomic E-state index is 0.194. The Morgan fingerprint density at radius 3 is 2.89 bits per heavy atom. The molecule has 2 aromatic rings. The predicted octanol–water partition coefficient (Wildman–Crippen LogP) is 1.18. The number of aryl methyl sites for hydroxylation is 1. The quantitative estimate of drug-likeness (QED) is 0.845. The van der Waals surface area contributed by atoms with Crippen LogP contribution in [0.25, 0.3) is 0 Å². The summed E-state index contributed by atoms with van der Waals surface area (Å²) in [4.78, 5) is 16.0. The van der Waals surface area contributed by atoms with Gasteiger partial charge in [0.15, 0.2) is 0 Å². The molecule has 0 saturated heterocycles. The third-order valence-electron chi connectivity index (χ3n) is 2.73. The van der Waals surface area contributed by atoms with Crippen LogP contribution in [0.1, 0.15) is 23.1 Å². The van der Waals surface area contributed by atoms with Crippen molar-refractivity contribution in [3.63, 3.8) is 0 Å². The molecule has 0 aliphatic heterocycles. The number of rotatable bonds is 5. The van der Waals surface area contributed by atoms with E-state index in [0.717, 1.165) is 17.9 Å². The molecule has 0 aromatic carbocycles. The first kappa shape index (κ1) is 13.1. The Morgan fingerprint density at radius 2 is 2.21 bits per heavy atom. The Balaban J connectivity index is 2.00. The lowest BCUT2D eigenvalue weighted by molar-refractivity contribution is 0.0945. The third kappa shape index (κ3) is 3.31. The summed E-state index contributed by atoms with van der Waals surface area (Å²) in [5.41, 5.74) is 2.24. The fourth-order valence-corrected chi connectivity index (χ4v) is 1.70. The second-order valence-electron chi connectivity index (χ2n) is 4.09. The Labute approximate surface area is 111 Å². The molecule has 0 atom stereocenters. The fraction of sp³-hybridized carbons (Fsp3) is 0.308. The molecular weight excluding hydrogens is 242 g/mol. The van der Waals surface area contributed by atoms with Gasteiger partial charge in [-0.3, -0.25) is 14.5 Å². The monoisotopic (exact) mass is 259 g/mol. The van der Waals surface area contributed by atoms with Crippen LogP contribution in [0.5, 0.6) is 0 Å². The molecule has 6 heteroatoms. The van der Waals surface area contributed by atoms with Gasteiger partial charge in [-0.25, -0.2) is 0 Å². The summed E-state index contributed by atoms with van der Waals surface area (Å²) in [5, 5.41) is 10.0. The molecular formula is C13H17N5O. The summed E-state index contributed by atoms with van der Waals surface area (Å²) < 4.78 is 1.72. The van der Waals surface area contributed by atoms with E-state index in [0.29, 0.717) is 12.2 Å². The Bertz CT molecular complexity index is 564. The Hall–Kier alpha value is -2.37. The molecule has 0 aliphatic carbocycles. The van der Waals surface area contributed by atoms with E-state index in [2.05, 4.69) is 20.7 Å². The zero-order valence-corrected chi connectivity index (χ0v) is 11.1. The van der Waals surface area contributed by atoms with Crippen molar-refractivity contribution >= 4 is 11.6 Å². The SMILES string of the molecule is CCNc1ccnc(C(=O)NCc2ccnn2C)c1. The first-order chi connectivity index (χ1) is 9.20. The summed E-state index contributed by atoms with van der Waals surface area (Å²) in [5.74, 6) is -0.194. The van der Waals surface area contributed by atoms with E-state index in [-0.39, 0.29) is 5.91 Å². The number of carbonyl (C=O) groups is 1. The normalized spacial score (nSPS) is 10.2. The minimum atomic E-state index is -0.194. The summed E-state index contributed by atoms with van der Waals surface area (Å²) in [6.45, 7) is 3.24. The number of pyridine rings is 1. The van der Waals surface area contributed by atoms with Gasteiger partial charge in [-0.15, -0.1) is 0 Å². The van der Waals surface area contributed by atoms with Crippen molar-refractivity contribution in [2.45, 2.75) is 13.5 Å². The maximum absolute atomic E-state index is 12.0. The van der Waals surface area contributed by atoms with Crippen molar-refractivity contribution in [2.75, 3.05) is 11.9 Å². The number of anilines is 1. The highest BCUT2D eigenvalue weighted by Crippen LogP contribution is 2.07. The largest absolute Gasteiger partial charge is 0.385 e. The van der Waals surface area contributed by atoms with Gasteiger partial charge >= 0.3 is 0 Å². The molecule has 2 aromatic heterocycles. The van der Waals surface area contributed by atoms with Crippen LogP contribution < -0.4 is 10.6 Å². The lowest BCUT2D eigenvalue weighted by Gasteiger charge is -2.07. The molecule has 0 saturated carbocycles. The average molecular weight is 259 g/mol. The smallest absolute Gasteiger partial charge is 0.270 e. The molecule has 0 aliphatic rings. The van der Waals surface area contributed by atoms with E-state index in [1.807, 2.05) is 26.1 Å². The molecule has 19 heavy (non-hydrogen) atoms. The molecule has 0 radical (unpaired) electrons. The fourth-order valence-electron chi connectivity index (χ4n) is 1.70. The predicted molar refractivity (Wildman–Crippen MR) is 72.8 cm³/mol. The van der Waals surface area contributed by atoms with Gasteiger partial charge in [-0.05, 0) is 25.1 Å². The van der Waals surface area contributed by atoms with Crippen molar-refractivity contribution in [1.29, 1.82) is 0 Å². The highest BCUT2D eigenvalue weighted by molar-refractivity contribution is 5.93. The lowest BCUT2D eigenvalue weighted by atomic mass is 10.3. The van der Waals surface area contributed by atoms with Gasteiger partial charge < -0.3 is 10.6 Å². The molecule has 0 unspecified atom stereocenters. The number of hydrogen-bond acceptors (Lipinski definition) is 4. The van der Waals surface area contributed by atoms with Gasteiger partial charge in [0.25, 0.3) is 5.91 Å². The number of aromatic nitrogens is 3. The van der Waals surface area contributed by atoms with E-state index < -0.39 is 0 Å². The van der Waals surface area contributed by atoms with Crippen molar-refractivity contribution in [3.8, 4) is 0 Å². The number of nitrogens with one attached hydrogen (secondary N) is 2. The van der Waals surface area contributed by atoms with Crippen LogP contribution in [-0.2, 0) is 13.6 Å². The molecule has 2 N–H and O–H groups in total. The van der Waals surface area contributed by atoms with Crippen LogP contribution in [0, 0.1) is 0 Å². The highest BCUT2D eigenvalue weighted by atomic mass is 16.1. The topological polar surface area (TPSA) is 71.8 Å². The summed E-state index contributed by atoms with van der Waals surface area (Å²) in [6.07, 6.45) is 3.32. The van der Waals surface area contributed by atoms with E-state index in [1.54, 1.807) is 23.1 Å². The molecule has 0 fully saturated rings. The van der Waals surface area contributed by atoms with Crippen molar-refractivity contribution < 1.29 is 4.79 Å². The van der Waals surface area contributed by atoms with Gasteiger partial charge in [-0.1, -0.05) is 0 Å². The highest BCUT2D eigenvalue weighted by Gasteiger charge is 2.08. The molecule has 6 nitrogen and oxygen atoms in total. The van der Waals surface area contributed by atoms with Gasteiger partial charge in [0, 0.05) is 31.7 Å². The first-order valence-electron chi connectivity index (χ1n) is 6.15. The van der Waals surface area contributed by atoms with Crippen molar-refractivity contribution in [1.82, 2.24) is 20.1 Å². The summed E-state index contributed by atoms with van der Waals surface area (Å²) >= 11 is 0. The lowest BCUT2D eigenvalue weighted by Crippen LogP contribution is -2.25. The van der Waals surface area contributed by atoms with Crippen LogP contribution in [-0.4, -0.2) is 27.2 Å². The van der Waals surface area contributed by atoms with E-state index in [9.17, 15) is 4.79 Å². The van der Waals surface area contributed by atoms with Crippen LogP contribution in [0.15, 0.2) is 30.6 Å². The third-order valence-corrected chi connectivity index (χ3v) is 2.73. The summed E-state index contributed by atoms with van der Waals surface area (Å²) in [7, 11) is 1.84. The second-order valence-corrected chi connectivity index (χ2v) is 4.09. The van der Waals surface area contributed by atoms with Gasteiger partial charge in [0.1, 0.15) is 5.69 Å². The first-order valence-corrected chi connectivity index (χ1v) is 6.15. The maximum atomic E-state index is 12.0. The van der Waals surface area contributed by atoms with Gasteiger partial charge in [-0.2, -0.15) is 5.10 Å². The molecule has 100 valence electrons. The summed E-state index contributed by atoms with van der Waals surface area (Å²) in [6, 6.07) is 5.44. The molecule has 2 rings (SSSR count). The Kier molecular flexibility index (Phi) is 4.12. The second kappa shape index (κ2) is 5.99. The maximum Gasteiger partial charge on any atom is 0.270 e. The molecule has 2 heterocycles. The molecule has 0 bridgehead atoms. The zero-order valence-electron chi connectivity index (χ0n) is 11.1. The number of nitrogens with zero attached hydrogens (tertiary/aromatic N) is 3. The Morgan fingerprint density at radius 1 is 1.37 bits per heavy atom. The van der Waals surface area contributed by atoms with E-state index >= 15 is 0 Å². The zero-order chi connectivity index (χ0) is 13.7. The number of carbonyl (C=O) groups excluding carboxylic acids is 1. The van der Waals surface area contributed by atoms with Crippen LogP contribution >= 0.6 is 0 Å². The number of hydrogen-bond donors (Lipinski definition) is 2. The van der Waals surface area contributed by atoms with Crippen LogP contribution in [0.4, 0.5) is 5.69 Å². The van der Waals surface area contributed by atoms with Crippen molar-refractivity contribution in [3.05, 3.63) is 42.0 Å². The minimum Gasteiger partial charge on any atom is -0.385 e. The van der Waals surface area contributed by atoms with Crippen molar-refractivity contribution in [2.24, 2.45) is 7.05 Å². The van der Waals surface area contributed by atoms with E-state index in [1.165, 1.54) is 0 Å².